The molecular formula is C12H15N3O4S. The van der Waals surface area contributed by atoms with E-state index >= 15 is 0 Å². The van der Waals surface area contributed by atoms with Crippen LogP contribution in [0.4, 0.5) is 5.00 Å². The minimum atomic E-state index is -1.01. The van der Waals surface area contributed by atoms with E-state index in [1.165, 1.54) is 23.3 Å². The second kappa shape index (κ2) is 8.27. The summed E-state index contributed by atoms with van der Waals surface area (Å²) in [4.78, 5) is 24.0. The fourth-order valence-electron chi connectivity index (χ4n) is 1.49. The molecule has 0 aliphatic carbocycles. The number of carbonyl (C=O) groups excluding carboxylic acids is 1. The van der Waals surface area contributed by atoms with E-state index in [1.54, 1.807) is 11.4 Å². The number of nitrogens with zero attached hydrogens (tertiary/aromatic N) is 2. The van der Waals surface area contributed by atoms with Crippen LogP contribution in [0.3, 0.4) is 0 Å². The number of methoxy groups -OCH3 is 1. The normalized spacial score (nSPS) is 10.2. The van der Waals surface area contributed by atoms with E-state index in [4.69, 9.17) is 15.1 Å². The van der Waals surface area contributed by atoms with Crippen molar-refractivity contribution in [1.82, 2.24) is 4.90 Å². The molecule has 0 bridgehead atoms. The fraction of sp³-hybridized carbons (Fsp3) is 0.417. The van der Waals surface area contributed by atoms with Gasteiger partial charge in [-0.05, 0) is 11.4 Å². The number of hydrogen-bond donors (Lipinski definition) is 2. The quantitative estimate of drug-likeness (QED) is 0.728. The van der Waals surface area contributed by atoms with Gasteiger partial charge in [-0.1, -0.05) is 0 Å². The minimum Gasteiger partial charge on any atom is -0.480 e. The maximum Gasteiger partial charge on any atom is 0.317 e. The van der Waals surface area contributed by atoms with Crippen molar-refractivity contribution in [3.8, 4) is 6.07 Å². The molecule has 0 fully saturated rings. The summed E-state index contributed by atoms with van der Waals surface area (Å²) >= 11 is 1.25. The molecule has 108 valence electrons. The third kappa shape index (κ3) is 5.36. The van der Waals surface area contributed by atoms with Gasteiger partial charge >= 0.3 is 5.97 Å². The van der Waals surface area contributed by atoms with Crippen molar-refractivity contribution in [2.45, 2.75) is 0 Å². The number of hydrogen-bond acceptors (Lipinski definition) is 6. The van der Waals surface area contributed by atoms with Gasteiger partial charge in [0.05, 0.1) is 25.3 Å². The van der Waals surface area contributed by atoms with E-state index < -0.39 is 5.97 Å². The summed E-state index contributed by atoms with van der Waals surface area (Å²) < 4.78 is 4.87. The molecule has 0 aliphatic rings. The number of ether oxygens (including phenoxy) is 1. The SMILES string of the molecule is COCCN(CC(=O)O)CC(=O)Nc1sccc1C#N. The summed E-state index contributed by atoms with van der Waals surface area (Å²) in [6.45, 7) is 0.361. The van der Waals surface area contributed by atoms with Crippen molar-refractivity contribution in [2.24, 2.45) is 0 Å². The van der Waals surface area contributed by atoms with Gasteiger partial charge in [-0.15, -0.1) is 11.3 Å². The average Bonchev–Trinajstić information content (AvgIpc) is 2.82. The molecule has 0 atom stereocenters. The van der Waals surface area contributed by atoms with Gasteiger partial charge in [-0.3, -0.25) is 14.5 Å². The second-order valence-corrected chi connectivity index (χ2v) is 4.84. The first-order chi connectivity index (χ1) is 9.56. The highest BCUT2D eigenvalue weighted by molar-refractivity contribution is 7.14. The van der Waals surface area contributed by atoms with Gasteiger partial charge in [0.2, 0.25) is 5.91 Å². The number of anilines is 1. The number of carboxylic acids is 1. The van der Waals surface area contributed by atoms with Gasteiger partial charge in [-0.2, -0.15) is 5.26 Å². The summed E-state index contributed by atoms with van der Waals surface area (Å²) in [5.74, 6) is -1.37. The summed E-state index contributed by atoms with van der Waals surface area (Å²) in [5, 5.41) is 22.4. The van der Waals surface area contributed by atoms with Crippen LogP contribution in [0.25, 0.3) is 0 Å². The molecule has 0 radical (unpaired) electrons. The van der Waals surface area contributed by atoms with E-state index in [-0.39, 0.29) is 19.0 Å². The smallest absolute Gasteiger partial charge is 0.317 e. The molecule has 0 saturated heterocycles. The Bertz CT molecular complexity index is 509. The molecule has 1 heterocycles. The highest BCUT2D eigenvalue weighted by atomic mass is 32.1. The van der Waals surface area contributed by atoms with Gasteiger partial charge in [0.1, 0.15) is 11.1 Å². The zero-order valence-corrected chi connectivity index (χ0v) is 11.8. The molecule has 1 rings (SSSR count). The Morgan fingerprint density at radius 1 is 1.55 bits per heavy atom. The number of nitrogens with one attached hydrogen (secondary N) is 1. The number of carboxylic acid groups (broad SMARTS) is 1. The first-order valence-corrected chi connectivity index (χ1v) is 6.65. The predicted molar refractivity (Wildman–Crippen MR) is 73.6 cm³/mol. The predicted octanol–water partition coefficient (Wildman–Crippen LogP) is 0.591. The maximum absolute atomic E-state index is 11.8. The number of amides is 1. The molecule has 20 heavy (non-hydrogen) atoms. The largest absolute Gasteiger partial charge is 0.480 e. The van der Waals surface area contributed by atoms with E-state index in [0.29, 0.717) is 23.7 Å². The first kappa shape index (κ1) is 16.1. The van der Waals surface area contributed by atoms with Crippen LogP contribution in [0.2, 0.25) is 0 Å². The van der Waals surface area contributed by atoms with Gasteiger partial charge in [0, 0.05) is 13.7 Å². The molecular weight excluding hydrogens is 282 g/mol. The van der Waals surface area contributed by atoms with Crippen LogP contribution < -0.4 is 5.32 Å². The number of thiophene rings is 1. The lowest BCUT2D eigenvalue weighted by atomic mass is 10.3. The summed E-state index contributed by atoms with van der Waals surface area (Å²) in [5.41, 5.74) is 0.394. The zero-order chi connectivity index (χ0) is 15.0. The summed E-state index contributed by atoms with van der Waals surface area (Å²) in [7, 11) is 1.50. The lowest BCUT2D eigenvalue weighted by molar-refractivity contribution is -0.138. The highest BCUT2D eigenvalue weighted by Crippen LogP contribution is 2.21. The number of nitriles is 1. The van der Waals surface area contributed by atoms with Crippen LogP contribution in [0.5, 0.6) is 0 Å². The first-order valence-electron chi connectivity index (χ1n) is 5.77. The monoisotopic (exact) mass is 297 g/mol. The molecule has 0 aliphatic heterocycles. The third-order valence-corrected chi connectivity index (χ3v) is 3.21. The topological polar surface area (TPSA) is 103 Å². The Labute approximate surface area is 120 Å². The standard InChI is InChI=1S/C12H15N3O4S/c1-19-4-3-15(8-11(17)18)7-10(16)14-12-9(6-13)2-5-20-12/h2,5H,3-4,7-8H2,1H3,(H,14,16)(H,17,18). The van der Waals surface area contributed by atoms with Crippen molar-refractivity contribution in [2.75, 3.05) is 38.7 Å². The van der Waals surface area contributed by atoms with Crippen LogP contribution in [-0.4, -0.2) is 55.2 Å². The Balaban J connectivity index is 2.57. The second-order valence-electron chi connectivity index (χ2n) is 3.92. The molecule has 2 N–H and O–H groups in total. The Morgan fingerprint density at radius 3 is 2.90 bits per heavy atom. The molecule has 0 aromatic carbocycles. The molecule has 1 amide bonds. The van der Waals surface area contributed by atoms with Crippen LogP contribution in [0.1, 0.15) is 5.56 Å². The Kier molecular flexibility index (Phi) is 6.66. The average molecular weight is 297 g/mol. The van der Waals surface area contributed by atoms with Crippen LogP contribution in [-0.2, 0) is 14.3 Å². The number of carbonyl (C=O) groups is 2. The maximum atomic E-state index is 11.8. The Morgan fingerprint density at radius 2 is 2.30 bits per heavy atom. The summed E-state index contributed by atoms with van der Waals surface area (Å²) in [6, 6.07) is 3.58. The van der Waals surface area contributed by atoms with Gasteiger partial charge in [-0.25, -0.2) is 0 Å². The molecule has 0 saturated carbocycles. The van der Waals surface area contributed by atoms with Crippen molar-refractivity contribution >= 4 is 28.2 Å². The summed E-state index contributed by atoms with van der Waals surface area (Å²) in [6.07, 6.45) is 0. The van der Waals surface area contributed by atoms with Crippen LogP contribution >= 0.6 is 11.3 Å². The van der Waals surface area contributed by atoms with Crippen LogP contribution in [0.15, 0.2) is 11.4 Å². The Hall–Kier alpha value is -1.95. The van der Waals surface area contributed by atoms with Crippen LogP contribution in [0, 0.1) is 11.3 Å². The van der Waals surface area contributed by atoms with E-state index in [1.807, 2.05) is 6.07 Å². The number of rotatable bonds is 8. The van der Waals surface area contributed by atoms with Gasteiger partial charge in [0.15, 0.2) is 0 Å². The van der Waals surface area contributed by atoms with Crippen molar-refractivity contribution in [3.63, 3.8) is 0 Å². The molecule has 7 nitrogen and oxygen atoms in total. The van der Waals surface area contributed by atoms with E-state index in [9.17, 15) is 9.59 Å². The highest BCUT2D eigenvalue weighted by Gasteiger charge is 2.15. The minimum absolute atomic E-state index is 0.0710. The molecule has 1 aromatic rings. The van der Waals surface area contributed by atoms with Crippen molar-refractivity contribution in [3.05, 3.63) is 17.0 Å². The van der Waals surface area contributed by atoms with Crippen molar-refractivity contribution < 1.29 is 19.4 Å². The lowest BCUT2D eigenvalue weighted by Crippen LogP contribution is -2.38. The molecule has 8 heteroatoms. The van der Waals surface area contributed by atoms with E-state index in [0.717, 1.165) is 0 Å². The van der Waals surface area contributed by atoms with Gasteiger partial charge < -0.3 is 15.2 Å². The zero-order valence-electron chi connectivity index (χ0n) is 11.0. The fourth-order valence-corrected chi connectivity index (χ4v) is 2.24. The molecule has 0 spiro atoms. The molecule has 1 aromatic heterocycles. The third-order valence-electron chi connectivity index (χ3n) is 2.38. The molecule has 0 unspecified atom stereocenters. The lowest BCUT2D eigenvalue weighted by Gasteiger charge is -2.18. The number of aliphatic carboxylic acids is 1. The van der Waals surface area contributed by atoms with Crippen molar-refractivity contribution in [1.29, 1.82) is 5.26 Å². The van der Waals surface area contributed by atoms with Gasteiger partial charge in [0.25, 0.3) is 0 Å². The van der Waals surface area contributed by atoms with E-state index in [2.05, 4.69) is 5.32 Å².